The van der Waals surface area contributed by atoms with E-state index in [-0.39, 0.29) is 11.7 Å². The molecule has 0 unspecified atom stereocenters. The Morgan fingerprint density at radius 3 is 2.70 bits per heavy atom. The molecule has 1 N–H and O–H groups in total. The van der Waals surface area contributed by atoms with Gasteiger partial charge in [0.1, 0.15) is 5.75 Å². The number of para-hydroxylation sites is 1. The Bertz CT molecular complexity index is 695. The molecular weight excluding hydrogens is 312 g/mol. The summed E-state index contributed by atoms with van der Waals surface area (Å²) in [4.78, 5) is 14.1. The highest BCUT2D eigenvalue weighted by molar-refractivity contribution is 7.99. The van der Waals surface area contributed by atoms with Crippen LogP contribution in [0, 0.1) is 0 Å². The van der Waals surface area contributed by atoms with Crippen LogP contribution in [-0.4, -0.2) is 49.5 Å². The van der Waals surface area contributed by atoms with Gasteiger partial charge in [0, 0.05) is 19.6 Å². The molecule has 3 rings (SSSR count). The lowest BCUT2D eigenvalue weighted by atomic mass is 10.2. The van der Waals surface area contributed by atoms with Crippen LogP contribution in [0.1, 0.15) is 19.8 Å². The summed E-state index contributed by atoms with van der Waals surface area (Å²) in [5, 5.41) is 19.1. The smallest absolute Gasteiger partial charge is 0.233 e. The van der Waals surface area contributed by atoms with E-state index in [4.69, 9.17) is 0 Å². The van der Waals surface area contributed by atoms with Crippen LogP contribution in [0.2, 0.25) is 0 Å². The summed E-state index contributed by atoms with van der Waals surface area (Å²) in [6.07, 6.45) is 2.19. The van der Waals surface area contributed by atoms with E-state index < -0.39 is 0 Å². The maximum atomic E-state index is 12.2. The Kier molecular flexibility index (Phi) is 4.85. The van der Waals surface area contributed by atoms with Crippen molar-refractivity contribution in [2.24, 2.45) is 0 Å². The third kappa shape index (κ3) is 3.34. The lowest BCUT2D eigenvalue weighted by molar-refractivity contribution is -0.127. The minimum absolute atomic E-state index is 0.155. The number of rotatable bonds is 5. The first kappa shape index (κ1) is 15.9. The normalized spacial score (nSPS) is 14.4. The molecule has 1 saturated heterocycles. The molecule has 0 aliphatic carbocycles. The van der Waals surface area contributed by atoms with Crippen LogP contribution in [0.25, 0.3) is 11.4 Å². The van der Waals surface area contributed by atoms with Gasteiger partial charge >= 0.3 is 0 Å². The molecule has 0 radical (unpaired) electrons. The molecule has 122 valence electrons. The molecule has 0 spiro atoms. The van der Waals surface area contributed by atoms with Crippen molar-refractivity contribution < 1.29 is 9.90 Å². The number of benzene rings is 1. The zero-order chi connectivity index (χ0) is 16.2. The van der Waals surface area contributed by atoms with Crippen LogP contribution in [0.5, 0.6) is 5.75 Å². The SMILES string of the molecule is CCn1c(SCC(=O)N2CCCC2)nnc1-c1ccccc1O. The predicted octanol–water partition coefficient (Wildman–Crippen LogP) is 2.39. The summed E-state index contributed by atoms with van der Waals surface area (Å²) in [7, 11) is 0. The van der Waals surface area contributed by atoms with E-state index in [1.807, 2.05) is 28.5 Å². The Labute approximate surface area is 139 Å². The number of likely N-dealkylation sites (tertiary alicyclic amines) is 1. The van der Waals surface area contributed by atoms with Crippen LogP contribution < -0.4 is 0 Å². The van der Waals surface area contributed by atoms with Crippen molar-refractivity contribution in [1.82, 2.24) is 19.7 Å². The van der Waals surface area contributed by atoms with E-state index in [0.717, 1.165) is 25.9 Å². The first-order valence-electron chi connectivity index (χ1n) is 7.83. The maximum Gasteiger partial charge on any atom is 0.233 e. The number of phenols is 1. The molecule has 2 aromatic rings. The average Bonchev–Trinajstić information content (AvgIpc) is 3.22. The number of hydrogen-bond donors (Lipinski definition) is 1. The topological polar surface area (TPSA) is 71.2 Å². The Hall–Kier alpha value is -2.02. The number of amides is 1. The number of nitrogens with zero attached hydrogens (tertiary/aromatic N) is 4. The number of thioether (sulfide) groups is 1. The highest BCUT2D eigenvalue weighted by Crippen LogP contribution is 2.30. The molecule has 7 heteroatoms. The van der Waals surface area contributed by atoms with Crippen LogP contribution in [0.15, 0.2) is 29.4 Å². The highest BCUT2D eigenvalue weighted by Gasteiger charge is 2.20. The number of carbonyl (C=O) groups is 1. The Morgan fingerprint density at radius 2 is 2.00 bits per heavy atom. The van der Waals surface area contributed by atoms with Gasteiger partial charge in [-0.3, -0.25) is 4.79 Å². The van der Waals surface area contributed by atoms with Gasteiger partial charge in [-0.05, 0) is 31.9 Å². The van der Waals surface area contributed by atoms with Gasteiger partial charge in [-0.1, -0.05) is 23.9 Å². The van der Waals surface area contributed by atoms with Gasteiger partial charge < -0.3 is 14.6 Å². The van der Waals surface area contributed by atoms with E-state index in [1.165, 1.54) is 11.8 Å². The average molecular weight is 332 g/mol. The second kappa shape index (κ2) is 7.04. The molecular formula is C16H20N4O2S. The number of phenolic OH excluding ortho intramolecular Hbond substituents is 1. The summed E-state index contributed by atoms with van der Waals surface area (Å²) in [6.45, 7) is 4.40. The number of aromatic nitrogens is 3. The monoisotopic (exact) mass is 332 g/mol. The van der Waals surface area contributed by atoms with E-state index in [2.05, 4.69) is 10.2 Å². The van der Waals surface area contributed by atoms with Crippen molar-refractivity contribution >= 4 is 17.7 Å². The fraction of sp³-hybridized carbons (Fsp3) is 0.438. The van der Waals surface area contributed by atoms with Crippen molar-refractivity contribution in [1.29, 1.82) is 0 Å². The van der Waals surface area contributed by atoms with Gasteiger partial charge in [-0.2, -0.15) is 0 Å². The van der Waals surface area contributed by atoms with E-state index in [9.17, 15) is 9.90 Å². The van der Waals surface area contributed by atoms with Gasteiger partial charge in [0.25, 0.3) is 0 Å². The molecule has 0 atom stereocenters. The van der Waals surface area contributed by atoms with E-state index >= 15 is 0 Å². The minimum Gasteiger partial charge on any atom is -0.507 e. The second-order valence-corrected chi connectivity index (χ2v) is 6.39. The number of hydrogen-bond acceptors (Lipinski definition) is 5. The first-order valence-corrected chi connectivity index (χ1v) is 8.81. The molecule has 6 nitrogen and oxygen atoms in total. The summed E-state index contributed by atoms with van der Waals surface area (Å²) in [6, 6.07) is 7.08. The third-order valence-corrected chi connectivity index (χ3v) is 4.91. The largest absolute Gasteiger partial charge is 0.507 e. The van der Waals surface area contributed by atoms with Gasteiger partial charge in [0.2, 0.25) is 5.91 Å². The maximum absolute atomic E-state index is 12.2. The lowest BCUT2D eigenvalue weighted by Gasteiger charge is -2.14. The van der Waals surface area contributed by atoms with E-state index in [0.29, 0.717) is 28.8 Å². The summed E-state index contributed by atoms with van der Waals surface area (Å²) >= 11 is 1.40. The molecule has 1 amide bonds. The predicted molar refractivity (Wildman–Crippen MR) is 89.3 cm³/mol. The second-order valence-electron chi connectivity index (χ2n) is 5.44. The molecule has 2 heterocycles. The van der Waals surface area contributed by atoms with Crippen LogP contribution in [-0.2, 0) is 11.3 Å². The van der Waals surface area contributed by atoms with Crippen molar-refractivity contribution in [3.8, 4) is 17.1 Å². The number of aromatic hydroxyl groups is 1. The third-order valence-electron chi connectivity index (χ3n) is 3.96. The van der Waals surface area contributed by atoms with Crippen molar-refractivity contribution in [3.05, 3.63) is 24.3 Å². The fourth-order valence-electron chi connectivity index (χ4n) is 2.73. The molecule has 0 bridgehead atoms. The van der Waals surface area contributed by atoms with Crippen LogP contribution in [0.3, 0.4) is 0 Å². The van der Waals surface area contributed by atoms with Gasteiger partial charge in [-0.15, -0.1) is 10.2 Å². The van der Waals surface area contributed by atoms with E-state index in [1.54, 1.807) is 12.1 Å². The molecule has 0 saturated carbocycles. The zero-order valence-corrected chi connectivity index (χ0v) is 13.9. The standard InChI is InChI=1S/C16H20N4O2S/c1-2-20-15(12-7-3-4-8-13(12)21)17-18-16(20)23-11-14(22)19-9-5-6-10-19/h3-4,7-8,21H,2,5-6,9-11H2,1H3. The van der Waals surface area contributed by atoms with Crippen molar-refractivity contribution in [3.63, 3.8) is 0 Å². The van der Waals surface area contributed by atoms with Gasteiger partial charge in [0.15, 0.2) is 11.0 Å². The van der Waals surface area contributed by atoms with Crippen molar-refractivity contribution in [2.75, 3.05) is 18.8 Å². The zero-order valence-electron chi connectivity index (χ0n) is 13.1. The number of carbonyl (C=O) groups excluding carboxylic acids is 1. The molecule has 1 aliphatic heterocycles. The quantitative estimate of drug-likeness (QED) is 0.851. The summed E-state index contributed by atoms with van der Waals surface area (Å²) < 4.78 is 1.93. The summed E-state index contributed by atoms with van der Waals surface area (Å²) in [5.74, 6) is 1.34. The van der Waals surface area contributed by atoms with Crippen molar-refractivity contribution in [2.45, 2.75) is 31.5 Å². The molecule has 23 heavy (non-hydrogen) atoms. The molecule has 1 aromatic heterocycles. The van der Waals surface area contributed by atoms with Gasteiger partial charge in [-0.25, -0.2) is 0 Å². The fourth-order valence-corrected chi connectivity index (χ4v) is 3.63. The minimum atomic E-state index is 0.155. The Balaban J connectivity index is 1.76. The highest BCUT2D eigenvalue weighted by atomic mass is 32.2. The Morgan fingerprint density at radius 1 is 1.26 bits per heavy atom. The molecule has 1 aromatic carbocycles. The van der Waals surface area contributed by atoms with Gasteiger partial charge in [0.05, 0.1) is 11.3 Å². The van der Waals surface area contributed by atoms with Crippen LogP contribution >= 0.6 is 11.8 Å². The molecule has 1 aliphatic rings. The van der Waals surface area contributed by atoms with Crippen LogP contribution in [0.4, 0.5) is 0 Å². The summed E-state index contributed by atoms with van der Waals surface area (Å²) in [5.41, 5.74) is 0.652. The lowest BCUT2D eigenvalue weighted by Crippen LogP contribution is -2.29. The molecule has 1 fully saturated rings. The first-order chi connectivity index (χ1) is 11.2.